The molecule has 2 heterocycles. The number of carbonyl (C=O) groups is 1. The first-order valence-corrected chi connectivity index (χ1v) is 11.5. The average molecular weight is 416 g/mol. The second-order valence-electron chi connectivity index (χ2n) is 6.94. The fourth-order valence-corrected chi connectivity index (χ4v) is 5.83. The van der Waals surface area contributed by atoms with Gasteiger partial charge in [0.25, 0.3) is 5.91 Å². The minimum Gasteiger partial charge on any atom is -0.298 e. The van der Waals surface area contributed by atoms with Gasteiger partial charge in [-0.15, -0.1) is 0 Å². The summed E-state index contributed by atoms with van der Waals surface area (Å²) in [6.45, 7) is 3.07. The van der Waals surface area contributed by atoms with Crippen molar-refractivity contribution in [2.75, 3.05) is 18.4 Å². The van der Waals surface area contributed by atoms with Gasteiger partial charge in [0.05, 0.1) is 15.1 Å². The molecule has 0 saturated carbocycles. The SMILES string of the molecule is Cc1ccc2nc(NC(=O)c3cccc(S(=O)(=O)N4CCCCC4)c3)sc2c1. The van der Waals surface area contributed by atoms with E-state index < -0.39 is 10.0 Å². The van der Waals surface area contributed by atoms with Crippen LogP contribution in [0.5, 0.6) is 0 Å². The van der Waals surface area contributed by atoms with Crippen LogP contribution in [0.4, 0.5) is 5.13 Å². The largest absolute Gasteiger partial charge is 0.298 e. The van der Waals surface area contributed by atoms with Crippen molar-refractivity contribution >= 4 is 42.6 Å². The molecular formula is C20H21N3O3S2. The summed E-state index contributed by atoms with van der Waals surface area (Å²) < 4.78 is 28.2. The number of hydrogen-bond acceptors (Lipinski definition) is 5. The highest BCUT2D eigenvalue weighted by molar-refractivity contribution is 7.89. The first kappa shape index (κ1) is 19.0. The number of amides is 1. The van der Waals surface area contributed by atoms with E-state index in [1.807, 2.05) is 25.1 Å². The Hall–Kier alpha value is -2.29. The van der Waals surface area contributed by atoms with E-state index in [1.54, 1.807) is 18.2 Å². The first-order valence-electron chi connectivity index (χ1n) is 9.22. The predicted molar refractivity (Wildman–Crippen MR) is 111 cm³/mol. The van der Waals surface area contributed by atoms with Gasteiger partial charge in [0.15, 0.2) is 5.13 Å². The van der Waals surface area contributed by atoms with Gasteiger partial charge in [0.2, 0.25) is 10.0 Å². The fraction of sp³-hybridized carbons (Fsp3) is 0.300. The van der Waals surface area contributed by atoms with E-state index in [-0.39, 0.29) is 10.8 Å². The van der Waals surface area contributed by atoms with Crippen LogP contribution in [-0.2, 0) is 10.0 Å². The monoisotopic (exact) mass is 415 g/mol. The Kier molecular flexibility index (Phi) is 5.18. The van der Waals surface area contributed by atoms with Crippen LogP contribution < -0.4 is 5.32 Å². The lowest BCUT2D eigenvalue weighted by Crippen LogP contribution is -2.35. The standard InChI is InChI=1S/C20H21N3O3S2/c1-14-8-9-17-18(12-14)27-20(21-17)22-19(24)15-6-5-7-16(13-15)28(25,26)23-10-3-2-4-11-23/h5-9,12-13H,2-4,10-11H2,1H3,(H,21,22,24). The van der Waals surface area contributed by atoms with Crippen LogP contribution >= 0.6 is 11.3 Å². The Morgan fingerprint density at radius 3 is 2.68 bits per heavy atom. The lowest BCUT2D eigenvalue weighted by Gasteiger charge is -2.26. The topological polar surface area (TPSA) is 79.4 Å². The van der Waals surface area contributed by atoms with E-state index in [0.29, 0.717) is 23.8 Å². The maximum atomic E-state index is 12.9. The van der Waals surface area contributed by atoms with Crippen molar-refractivity contribution in [2.45, 2.75) is 31.1 Å². The minimum atomic E-state index is -3.58. The molecule has 1 aromatic heterocycles. The number of hydrogen-bond donors (Lipinski definition) is 1. The summed E-state index contributed by atoms with van der Waals surface area (Å²) in [6.07, 6.45) is 2.79. The molecule has 1 fully saturated rings. The molecule has 2 aromatic carbocycles. The lowest BCUT2D eigenvalue weighted by atomic mass is 10.2. The van der Waals surface area contributed by atoms with Crippen molar-refractivity contribution in [1.29, 1.82) is 0 Å². The number of nitrogens with one attached hydrogen (secondary N) is 1. The van der Waals surface area contributed by atoms with E-state index >= 15 is 0 Å². The number of piperidine rings is 1. The van der Waals surface area contributed by atoms with Gasteiger partial charge in [-0.25, -0.2) is 13.4 Å². The number of nitrogens with zero attached hydrogens (tertiary/aromatic N) is 2. The molecular weight excluding hydrogens is 394 g/mol. The van der Waals surface area contributed by atoms with Crippen molar-refractivity contribution in [3.05, 3.63) is 53.6 Å². The summed E-state index contributed by atoms with van der Waals surface area (Å²) in [6, 6.07) is 12.1. The highest BCUT2D eigenvalue weighted by Gasteiger charge is 2.26. The molecule has 0 radical (unpaired) electrons. The zero-order valence-electron chi connectivity index (χ0n) is 15.5. The van der Waals surface area contributed by atoms with Crippen molar-refractivity contribution in [3.63, 3.8) is 0 Å². The minimum absolute atomic E-state index is 0.155. The van der Waals surface area contributed by atoms with Crippen LogP contribution in [0.2, 0.25) is 0 Å². The molecule has 3 aromatic rings. The molecule has 0 unspecified atom stereocenters. The van der Waals surface area contributed by atoms with Gasteiger partial charge in [-0.2, -0.15) is 4.31 Å². The molecule has 1 saturated heterocycles. The summed E-state index contributed by atoms with van der Waals surface area (Å²) in [4.78, 5) is 17.2. The number of aromatic nitrogens is 1. The van der Waals surface area contributed by atoms with Crippen LogP contribution in [0, 0.1) is 6.92 Å². The Balaban J connectivity index is 1.57. The molecule has 0 atom stereocenters. The smallest absolute Gasteiger partial charge is 0.257 e. The third-order valence-corrected chi connectivity index (χ3v) is 7.64. The van der Waals surface area contributed by atoms with Crippen LogP contribution in [0.25, 0.3) is 10.2 Å². The number of fused-ring (bicyclic) bond motifs is 1. The molecule has 0 aliphatic carbocycles. The molecule has 1 amide bonds. The lowest BCUT2D eigenvalue weighted by molar-refractivity contribution is 0.102. The van der Waals surface area contributed by atoms with E-state index in [2.05, 4.69) is 10.3 Å². The van der Waals surface area contributed by atoms with Crippen molar-refractivity contribution in [3.8, 4) is 0 Å². The summed E-state index contributed by atoms with van der Waals surface area (Å²) in [5.41, 5.74) is 2.26. The Morgan fingerprint density at radius 1 is 1.11 bits per heavy atom. The molecule has 1 aliphatic rings. The molecule has 6 nitrogen and oxygen atoms in total. The van der Waals surface area contributed by atoms with Crippen LogP contribution in [0.3, 0.4) is 0 Å². The van der Waals surface area contributed by atoms with E-state index in [4.69, 9.17) is 0 Å². The third kappa shape index (κ3) is 3.80. The second kappa shape index (κ2) is 7.62. The van der Waals surface area contributed by atoms with Crippen molar-refractivity contribution in [2.24, 2.45) is 0 Å². The molecule has 28 heavy (non-hydrogen) atoms. The highest BCUT2D eigenvalue weighted by atomic mass is 32.2. The average Bonchev–Trinajstić information content (AvgIpc) is 3.10. The van der Waals surface area contributed by atoms with Gasteiger partial charge in [0.1, 0.15) is 0 Å². The maximum Gasteiger partial charge on any atom is 0.257 e. The second-order valence-corrected chi connectivity index (χ2v) is 9.91. The summed E-state index contributed by atoms with van der Waals surface area (Å²) in [5, 5.41) is 3.28. The Labute approximate surface area is 168 Å². The third-order valence-electron chi connectivity index (χ3n) is 4.81. The number of thiazole rings is 1. The van der Waals surface area contributed by atoms with Gasteiger partial charge >= 0.3 is 0 Å². The quantitative estimate of drug-likeness (QED) is 0.698. The van der Waals surface area contributed by atoms with E-state index in [1.165, 1.54) is 21.7 Å². The molecule has 1 aliphatic heterocycles. The molecule has 8 heteroatoms. The molecule has 1 N–H and O–H groups in total. The zero-order valence-corrected chi connectivity index (χ0v) is 17.1. The van der Waals surface area contributed by atoms with Gasteiger partial charge in [0, 0.05) is 18.7 Å². The van der Waals surface area contributed by atoms with Crippen LogP contribution in [-0.4, -0.2) is 36.7 Å². The van der Waals surface area contributed by atoms with Gasteiger partial charge in [-0.3, -0.25) is 10.1 Å². The number of aryl methyl sites for hydroxylation is 1. The number of rotatable bonds is 4. The normalized spacial score (nSPS) is 15.6. The molecule has 0 bridgehead atoms. The summed E-state index contributed by atoms with van der Waals surface area (Å²) in [7, 11) is -3.58. The Bertz CT molecular complexity index is 1130. The van der Waals surface area contributed by atoms with Gasteiger partial charge in [-0.1, -0.05) is 29.9 Å². The van der Waals surface area contributed by atoms with Crippen LogP contribution in [0.1, 0.15) is 35.2 Å². The predicted octanol–water partition coefficient (Wildman–Crippen LogP) is 4.03. The molecule has 146 valence electrons. The molecule has 4 rings (SSSR count). The van der Waals surface area contributed by atoms with E-state index in [0.717, 1.165) is 35.0 Å². The summed E-state index contributed by atoms with van der Waals surface area (Å²) in [5.74, 6) is -0.369. The van der Waals surface area contributed by atoms with Crippen molar-refractivity contribution < 1.29 is 13.2 Å². The summed E-state index contributed by atoms with van der Waals surface area (Å²) >= 11 is 1.40. The fourth-order valence-electron chi connectivity index (χ4n) is 3.31. The van der Waals surface area contributed by atoms with Crippen molar-refractivity contribution in [1.82, 2.24) is 9.29 Å². The zero-order chi connectivity index (χ0) is 19.7. The number of carbonyl (C=O) groups excluding carboxylic acids is 1. The Morgan fingerprint density at radius 2 is 1.89 bits per heavy atom. The molecule has 0 spiro atoms. The number of sulfonamides is 1. The van der Waals surface area contributed by atoms with Crippen LogP contribution in [0.15, 0.2) is 47.4 Å². The van der Waals surface area contributed by atoms with Gasteiger partial charge in [-0.05, 0) is 55.7 Å². The van der Waals surface area contributed by atoms with Gasteiger partial charge < -0.3 is 0 Å². The van der Waals surface area contributed by atoms with E-state index in [9.17, 15) is 13.2 Å². The highest BCUT2D eigenvalue weighted by Crippen LogP contribution is 2.27. The number of benzene rings is 2. The first-order chi connectivity index (χ1) is 13.4. The maximum absolute atomic E-state index is 12.9. The number of anilines is 1.